The fraction of sp³-hybridized carbons (Fsp3) is 0.167. The number of anilines is 1. The number of carbonyl (C=O) groups is 1. The second-order valence-corrected chi connectivity index (χ2v) is 8.15. The predicted molar refractivity (Wildman–Crippen MR) is 122 cm³/mol. The lowest BCUT2D eigenvalue weighted by atomic mass is 9.87. The van der Waals surface area contributed by atoms with E-state index >= 15 is 0 Å². The van der Waals surface area contributed by atoms with E-state index in [1.807, 2.05) is 36.4 Å². The lowest BCUT2D eigenvalue weighted by Crippen LogP contribution is -2.44. The molecule has 0 atom stereocenters. The Bertz CT molecular complexity index is 1250. The van der Waals surface area contributed by atoms with Crippen molar-refractivity contribution in [3.63, 3.8) is 0 Å². The molecule has 4 N–H and O–H groups in total. The molecule has 1 fully saturated rings. The number of aromatic amines is 1. The van der Waals surface area contributed by atoms with Gasteiger partial charge in [-0.2, -0.15) is 0 Å². The van der Waals surface area contributed by atoms with Gasteiger partial charge in [0.05, 0.1) is 16.0 Å². The lowest BCUT2D eigenvalue weighted by molar-refractivity contribution is 0.104. The summed E-state index contributed by atoms with van der Waals surface area (Å²) in [6.45, 7) is 0. The van der Waals surface area contributed by atoms with Crippen molar-refractivity contribution in [3.05, 3.63) is 83.1 Å². The fourth-order valence-electron chi connectivity index (χ4n) is 3.87. The van der Waals surface area contributed by atoms with Crippen LogP contribution in [0.1, 0.15) is 28.8 Å². The van der Waals surface area contributed by atoms with Crippen LogP contribution >= 0.6 is 11.6 Å². The molecule has 1 aliphatic rings. The first-order chi connectivity index (χ1) is 15.1. The van der Waals surface area contributed by atoms with Crippen LogP contribution in [-0.4, -0.2) is 27.8 Å². The lowest BCUT2D eigenvalue weighted by Gasteiger charge is -2.34. The summed E-state index contributed by atoms with van der Waals surface area (Å²) in [6.07, 6.45) is 5.22. The van der Waals surface area contributed by atoms with E-state index in [1.54, 1.807) is 30.6 Å². The molecule has 5 rings (SSSR count). The van der Waals surface area contributed by atoms with E-state index in [0.29, 0.717) is 39.3 Å². The number of para-hydroxylation sites is 1. The predicted octanol–water partition coefficient (Wildman–Crippen LogP) is 5.14. The topological polar surface area (TPSA) is 93.0 Å². The third-order valence-electron chi connectivity index (χ3n) is 5.52. The van der Waals surface area contributed by atoms with Crippen LogP contribution in [0.15, 0.2) is 67.0 Å². The zero-order chi connectivity index (χ0) is 21.4. The van der Waals surface area contributed by atoms with Crippen LogP contribution in [0.4, 0.5) is 5.69 Å². The van der Waals surface area contributed by atoms with Crippen LogP contribution in [0.25, 0.3) is 11.0 Å². The van der Waals surface area contributed by atoms with Gasteiger partial charge in [0.15, 0.2) is 5.78 Å². The number of ketones is 1. The maximum absolute atomic E-state index is 13.4. The zero-order valence-corrected chi connectivity index (χ0v) is 17.4. The Kier molecular flexibility index (Phi) is 5.10. The van der Waals surface area contributed by atoms with Gasteiger partial charge < -0.3 is 20.8 Å². The Morgan fingerprint density at radius 3 is 2.65 bits per heavy atom. The first-order valence-corrected chi connectivity index (χ1v) is 10.5. The smallest absolute Gasteiger partial charge is 0.196 e. The molecule has 0 saturated heterocycles. The second-order valence-electron chi connectivity index (χ2n) is 7.74. The minimum Gasteiger partial charge on any atom is -0.457 e. The van der Waals surface area contributed by atoms with Crippen molar-refractivity contribution in [3.8, 4) is 11.5 Å². The largest absolute Gasteiger partial charge is 0.457 e. The molecule has 0 amide bonds. The van der Waals surface area contributed by atoms with Crippen LogP contribution in [0.5, 0.6) is 11.5 Å². The number of benzene rings is 2. The maximum Gasteiger partial charge on any atom is 0.196 e. The van der Waals surface area contributed by atoms with Crippen molar-refractivity contribution in [2.45, 2.75) is 24.9 Å². The molecule has 2 aromatic carbocycles. The third kappa shape index (κ3) is 3.87. The zero-order valence-electron chi connectivity index (χ0n) is 16.6. The molecular weight excluding hydrogens is 412 g/mol. The van der Waals surface area contributed by atoms with Gasteiger partial charge >= 0.3 is 0 Å². The highest BCUT2D eigenvalue weighted by molar-refractivity contribution is 6.35. The van der Waals surface area contributed by atoms with Gasteiger partial charge in [0.1, 0.15) is 17.1 Å². The number of rotatable bonds is 6. The Hall–Kier alpha value is -3.35. The van der Waals surface area contributed by atoms with Crippen molar-refractivity contribution < 1.29 is 9.53 Å². The molecule has 1 aliphatic carbocycles. The average molecular weight is 433 g/mol. The molecule has 0 aliphatic heterocycles. The van der Waals surface area contributed by atoms with Crippen LogP contribution in [0.3, 0.4) is 0 Å². The standard InChI is InChI=1S/C24H21ClN4O2/c25-20-12-17(31-16-4-2-1-3-5-16)6-7-18(20)23(30)19-13-28-24-22(19)21(8-9-27-24)29-15-10-14(26)11-15/h1-9,12-15H,10-11,26H2,(H2,27,28,29)/t14-,15+. The van der Waals surface area contributed by atoms with Gasteiger partial charge in [-0.15, -0.1) is 0 Å². The third-order valence-corrected chi connectivity index (χ3v) is 5.83. The molecule has 156 valence electrons. The highest BCUT2D eigenvalue weighted by Gasteiger charge is 2.27. The van der Waals surface area contributed by atoms with Crippen molar-refractivity contribution in [1.29, 1.82) is 0 Å². The van der Waals surface area contributed by atoms with Crippen LogP contribution < -0.4 is 15.8 Å². The summed E-state index contributed by atoms with van der Waals surface area (Å²) < 4.78 is 5.81. The minimum absolute atomic E-state index is 0.177. The van der Waals surface area contributed by atoms with Crippen LogP contribution in [0.2, 0.25) is 5.02 Å². The molecule has 1 saturated carbocycles. The van der Waals surface area contributed by atoms with E-state index in [-0.39, 0.29) is 11.8 Å². The number of nitrogens with one attached hydrogen (secondary N) is 2. The average Bonchev–Trinajstić information content (AvgIpc) is 3.18. The minimum atomic E-state index is -0.177. The number of hydrogen-bond donors (Lipinski definition) is 3. The second kappa shape index (κ2) is 8.06. The Morgan fingerprint density at radius 2 is 1.90 bits per heavy atom. The van der Waals surface area contributed by atoms with Gasteiger partial charge in [0, 0.05) is 41.8 Å². The number of halogens is 1. The first kappa shape index (κ1) is 19.6. The number of nitrogens with zero attached hydrogens (tertiary/aromatic N) is 1. The van der Waals surface area contributed by atoms with E-state index in [0.717, 1.165) is 23.9 Å². The summed E-state index contributed by atoms with van der Waals surface area (Å²) >= 11 is 6.47. The summed E-state index contributed by atoms with van der Waals surface area (Å²) in [4.78, 5) is 20.8. The van der Waals surface area contributed by atoms with Crippen molar-refractivity contribution in [1.82, 2.24) is 9.97 Å². The summed E-state index contributed by atoms with van der Waals surface area (Å²) in [5, 5.41) is 4.58. The summed E-state index contributed by atoms with van der Waals surface area (Å²) in [7, 11) is 0. The van der Waals surface area contributed by atoms with Crippen LogP contribution in [-0.2, 0) is 0 Å². The summed E-state index contributed by atoms with van der Waals surface area (Å²) in [6, 6.07) is 16.9. The number of pyridine rings is 1. The molecule has 0 bridgehead atoms. The number of nitrogens with two attached hydrogens (primary N) is 1. The highest BCUT2D eigenvalue weighted by Crippen LogP contribution is 2.33. The molecule has 2 aromatic heterocycles. The van der Waals surface area contributed by atoms with Gasteiger partial charge in [-0.1, -0.05) is 29.8 Å². The van der Waals surface area contributed by atoms with Gasteiger partial charge in [-0.3, -0.25) is 4.79 Å². The number of carbonyl (C=O) groups excluding carboxylic acids is 1. The van der Waals surface area contributed by atoms with Crippen molar-refractivity contribution in [2.24, 2.45) is 5.73 Å². The van der Waals surface area contributed by atoms with Gasteiger partial charge in [0.25, 0.3) is 0 Å². The normalized spacial score (nSPS) is 17.9. The van der Waals surface area contributed by atoms with Gasteiger partial charge in [0.2, 0.25) is 0 Å². The van der Waals surface area contributed by atoms with E-state index in [4.69, 9.17) is 22.1 Å². The Morgan fingerprint density at radius 1 is 1.10 bits per heavy atom. The number of ether oxygens (including phenoxy) is 1. The number of fused-ring (bicyclic) bond motifs is 1. The number of aromatic nitrogens is 2. The van der Waals surface area contributed by atoms with Crippen molar-refractivity contribution >= 4 is 34.1 Å². The van der Waals surface area contributed by atoms with E-state index in [2.05, 4.69) is 15.3 Å². The maximum atomic E-state index is 13.4. The summed E-state index contributed by atoms with van der Waals surface area (Å²) in [5.41, 5.74) is 8.35. The van der Waals surface area contributed by atoms with E-state index in [9.17, 15) is 4.79 Å². The van der Waals surface area contributed by atoms with E-state index < -0.39 is 0 Å². The van der Waals surface area contributed by atoms with Crippen molar-refractivity contribution in [2.75, 3.05) is 5.32 Å². The van der Waals surface area contributed by atoms with E-state index in [1.165, 1.54) is 0 Å². The van der Waals surface area contributed by atoms with Gasteiger partial charge in [-0.25, -0.2) is 4.98 Å². The Balaban J connectivity index is 1.44. The number of hydrogen-bond acceptors (Lipinski definition) is 5. The molecule has 0 spiro atoms. The number of H-pyrrole nitrogens is 1. The SMILES string of the molecule is N[C@H]1C[C@@H](Nc2ccnc3[nH]cc(C(=O)c4ccc(Oc5ccccc5)cc4Cl)c23)C1. The van der Waals surface area contributed by atoms with Crippen LogP contribution in [0, 0.1) is 0 Å². The molecule has 4 aromatic rings. The summed E-state index contributed by atoms with van der Waals surface area (Å²) in [5.74, 6) is 1.09. The molecular formula is C24H21ClN4O2. The first-order valence-electron chi connectivity index (χ1n) is 10.1. The molecule has 2 heterocycles. The molecule has 31 heavy (non-hydrogen) atoms. The fourth-order valence-corrected chi connectivity index (χ4v) is 4.13. The quantitative estimate of drug-likeness (QED) is 0.367. The monoisotopic (exact) mass is 432 g/mol. The van der Waals surface area contributed by atoms with Gasteiger partial charge in [-0.05, 0) is 43.2 Å². The molecule has 7 heteroatoms. The molecule has 6 nitrogen and oxygen atoms in total. The molecule has 0 unspecified atom stereocenters. The molecule has 0 radical (unpaired) electrons. The Labute approximate surface area is 184 Å². The highest BCUT2D eigenvalue weighted by atomic mass is 35.5.